The average molecular weight is 406 g/mol. The average Bonchev–Trinajstić information content (AvgIpc) is 3.03. The van der Waals surface area contributed by atoms with Gasteiger partial charge in [0.25, 0.3) is 0 Å². The maximum atomic E-state index is 15.4. The lowest BCUT2D eigenvalue weighted by molar-refractivity contribution is -0.217. The first-order valence-electron chi connectivity index (χ1n) is 11.0. The van der Waals surface area contributed by atoms with Crippen LogP contribution in [0.25, 0.3) is 0 Å². The van der Waals surface area contributed by atoms with Crippen molar-refractivity contribution in [2.24, 2.45) is 29.6 Å². The van der Waals surface area contributed by atoms with Gasteiger partial charge in [-0.3, -0.25) is 0 Å². The van der Waals surface area contributed by atoms with Crippen molar-refractivity contribution in [3.63, 3.8) is 0 Å². The van der Waals surface area contributed by atoms with E-state index in [4.69, 9.17) is 4.74 Å². The Labute approximate surface area is 164 Å². The van der Waals surface area contributed by atoms with E-state index in [9.17, 15) is 17.6 Å². The molecule has 6 heteroatoms. The highest BCUT2D eigenvalue weighted by molar-refractivity contribution is 5.17. The molecule has 0 amide bonds. The van der Waals surface area contributed by atoms with Gasteiger partial charge in [0.15, 0.2) is 0 Å². The molecule has 1 aliphatic heterocycles. The van der Waals surface area contributed by atoms with E-state index in [1.165, 1.54) is 6.42 Å². The number of rotatable bonds is 3. The van der Waals surface area contributed by atoms with Crippen molar-refractivity contribution in [3.8, 4) is 0 Å². The van der Waals surface area contributed by atoms with Gasteiger partial charge in [-0.1, -0.05) is 31.4 Å². The standard InChI is InChI=1S/C22H31F5O/c1-2-3-12-4-6-13(7-5-12)14-8-9-15-16-10-11-17(22(25,26)27)19(24)21(16)28-20(15)18(14)23/h6,12,14-21H,2-5,7-11H2,1H3. The Morgan fingerprint density at radius 1 is 0.964 bits per heavy atom. The van der Waals surface area contributed by atoms with Crippen molar-refractivity contribution in [1.29, 1.82) is 0 Å². The van der Waals surface area contributed by atoms with Gasteiger partial charge in [-0.25, -0.2) is 8.78 Å². The van der Waals surface area contributed by atoms with Gasteiger partial charge in [-0.05, 0) is 62.7 Å². The Balaban J connectivity index is 1.45. The van der Waals surface area contributed by atoms with Crippen LogP contribution in [0.5, 0.6) is 0 Å². The number of ether oxygens (including phenoxy) is 1. The summed E-state index contributed by atoms with van der Waals surface area (Å²) in [4.78, 5) is 0. The summed E-state index contributed by atoms with van der Waals surface area (Å²) in [5.41, 5.74) is 1.15. The van der Waals surface area contributed by atoms with E-state index in [-0.39, 0.29) is 30.6 Å². The molecule has 1 saturated heterocycles. The van der Waals surface area contributed by atoms with Crippen LogP contribution in [0.4, 0.5) is 22.0 Å². The number of allylic oxidation sites excluding steroid dienone is 2. The van der Waals surface area contributed by atoms with E-state index in [2.05, 4.69) is 13.0 Å². The fourth-order valence-corrected chi connectivity index (χ4v) is 6.42. The van der Waals surface area contributed by atoms with Crippen LogP contribution in [-0.2, 0) is 4.74 Å². The van der Waals surface area contributed by atoms with Crippen molar-refractivity contribution in [2.45, 2.75) is 95.4 Å². The first kappa shape index (κ1) is 20.6. The summed E-state index contributed by atoms with van der Waals surface area (Å²) in [5, 5.41) is 0. The van der Waals surface area contributed by atoms with Crippen LogP contribution in [-0.4, -0.2) is 30.7 Å². The zero-order valence-electron chi connectivity index (χ0n) is 16.4. The molecule has 0 aromatic heterocycles. The van der Waals surface area contributed by atoms with Crippen molar-refractivity contribution in [3.05, 3.63) is 11.6 Å². The first-order chi connectivity index (χ1) is 13.3. The van der Waals surface area contributed by atoms with E-state index < -0.39 is 36.6 Å². The van der Waals surface area contributed by atoms with E-state index in [1.54, 1.807) is 0 Å². The molecule has 0 bridgehead atoms. The summed E-state index contributed by atoms with van der Waals surface area (Å²) >= 11 is 0. The lowest BCUT2D eigenvalue weighted by atomic mass is 9.66. The summed E-state index contributed by atoms with van der Waals surface area (Å²) in [6.45, 7) is 2.18. The van der Waals surface area contributed by atoms with Crippen molar-refractivity contribution < 1.29 is 26.7 Å². The topological polar surface area (TPSA) is 9.23 Å². The van der Waals surface area contributed by atoms with Crippen molar-refractivity contribution in [2.75, 3.05) is 0 Å². The van der Waals surface area contributed by atoms with Gasteiger partial charge >= 0.3 is 6.18 Å². The highest BCUT2D eigenvalue weighted by Gasteiger charge is 2.60. The maximum Gasteiger partial charge on any atom is 0.394 e. The van der Waals surface area contributed by atoms with Crippen LogP contribution in [0.1, 0.15) is 64.7 Å². The van der Waals surface area contributed by atoms with Gasteiger partial charge in [-0.2, -0.15) is 13.2 Å². The quantitative estimate of drug-likeness (QED) is 0.380. The molecule has 2 saturated carbocycles. The second-order valence-corrected chi connectivity index (χ2v) is 9.40. The maximum absolute atomic E-state index is 15.4. The summed E-state index contributed by atoms with van der Waals surface area (Å²) in [5.74, 6) is -1.91. The smallest absolute Gasteiger partial charge is 0.368 e. The summed E-state index contributed by atoms with van der Waals surface area (Å²) < 4.78 is 75.1. The normalized spacial score (nSPS) is 46.6. The molecular weight excluding hydrogens is 375 g/mol. The largest absolute Gasteiger partial charge is 0.394 e. The Kier molecular flexibility index (Phi) is 5.80. The van der Waals surface area contributed by atoms with Gasteiger partial charge in [0, 0.05) is 5.92 Å². The van der Waals surface area contributed by atoms with Crippen LogP contribution in [0.3, 0.4) is 0 Å². The van der Waals surface area contributed by atoms with E-state index in [0.717, 1.165) is 37.7 Å². The second-order valence-electron chi connectivity index (χ2n) is 9.40. The fraction of sp³-hybridized carbons (Fsp3) is 0.909. The Hall–Kier alpha value is -0.650. The molecule has 0 radical (unpaired) electrons. The Morgan fingerprint density at radius 2 is 1.64 bits per heavy atom. The molecule has 0 spiro atoms. The SMILES string of the molecule is CCCC1CC=C(C2CCC3C4CCC(C(F)(F)F)C(F)C4OC3C2F)CC1. The van der Waals surface area contributed by atoms with E-state index in [1.807, 2.05) is 0 Å². The molecule has 1 nitrogen and oxygen atoms in total. The van der Waals surface area contributed by atoms with Gasteiger partial charge in [0.1, 0.15) is 12.3 Å². The van der Waals surface area contributed by atoms with Crippen LogP contribution < -0.4 is 0 Å². The van der Waals surface area contributed by atoms with Gasteiger partial charge in [0.2, 0.25) is 0 Å². The Morgan fingerprint density at radius 3 is 2.25 bits per heavy atom. The minimum Gasteiger partial charge on any atom is -0.368 e. The van der Waals surface area contributed by atoms with Gasteiger partial charge in [-0.15, -0.1) is 0 Å². The number of halogens is 5. The molecule has 0 aromatic carbocycles. The first-order valence-corrected chi connectivity index (χ1v) is 11.0. The fourth-order valence-electron chi connectivity index (χ4n) is 6.42. The van der Waals surface area contributed by atoms with Gasteiger partial charge in [0.05, 0.1) is 18.1 Å². The zero-order valence-corrected chi connectivity index (χ0v) is 16.4. The van der Waals surface area contributed by atoms with Crippen LogP contribution in [0.15, 0.2) is 11.6 Å². The lowest BCUT2D eigenvalue weighted by Gasteiger charge is -2.39. The Bertz CT molecular complexity index is 588. The monoisotopic (exact) mass is 406 g/mol. The van der Waals surface area contributed by atoms with E-state index in [0.29, 0.717) is 12.3 Å². The molecule has 3 aliphatic carbocycles. The highest BCUT2D eigenvalue weighted by atomic mass is 19.4. The molecule has 3 fully saturated rings. The highest BCUT2D eigenvalue weighted by Crippen LogP contribution is 2.54. The molecule has 4 rings (SSSR count). The molecule has 9 atom stereocenters. The third-order valence-corrected chi connectivity index (χ3v) is 7.87. The molecule has 1 heterocycles. The summed E-state index contributed by atoms with van der Waals surface area (Å²) in [7, 11) is 0. The molecule has 160 valence electrons. The lowest BCUT2D eigenvalue weighted by Crippen LogP contribution is -2.46. The van der Waals surface area contributed by atoms with Crippen molar-refractivity contribution >= 4 is 0 Å². The molecule has 0 aromatic rings. The molecule has 4 aliphatic rings. The minimum absolute atomic E-state index is 0.138. The van der Waals surface area contributed by atoms with E-state index >= 15 is 4.39 Å². The number of hydrogen-bond acceptors (Lipinski definition) is 1. The number of hydrogen-bond donors (Lipinski definition) is 0. The predicted octanol–water partition coefficient (Wildman–Crippen LogP) is 6.57. The van der Waals surface area contributed by atoms with Crippen molar-refractivity contribution in [1.82, 2.24) is 0 Å². The number of alkyl halides is 5. The molecular formula is C22H31F5O. The van der Waals surface area contributed by atoms with Gasteiger partial charge < -0.3 is 4.74 Å². The predicted molar refractivity (Wildman–Crippen MR) is 97.3 cm³/mol. The van der Waals surface area contributed by atoms with Crippen LogP contribution in [0, 0.1) is 29.6 Å². The third-order valence-electron chi connectivity index (χ3n) is 7.87. The second kappa shape index (κ2) is 7.88. The molecule has 28 heavy (non-hydrogen) atoms. The minimum atomic E-state index is -4.55. The molecule has 9 unspecified atom stereocenters. The number of fused-ring (bicyclic) bond motifs is 3. The third kappa shape index (κ3) is 3.63. The molecule has 0 N–H and O–H groups in total. The van der Waals surface area contributed by atoms with Crippen LogP contribution in [0.2, 0.25) is 0 Å². The summed E-state index contributed by atoms with van der Waals surface area (Å²) in [6, 6.07) is 0. The summed E-state index contributed by atoms with van der Waals surface area (Å²) in [6.07, 6.45) is -0.634. The zero-order chi connectivity index (χ0) is 20.1. The van der Waals surface area contributed by atoms with Crippen LogP contribution >= 0.6 is 0 Å².